The Morgan fingerprint density at radius 3 is 2.25 bits per heavy atom. The molecule has 0 N–H and O–H groups in total. The van der Waals surface area contributed by atoms with Gasteiger partial charge in [-0.3, -0.25) is 0 Å². The van der Waals surface area contributed by atoms with E-state index in [2.05, 4.69) is 11.5 Å². The predicted octanol–water partition coefficient (Wildman–Crippen LogP) is 0.295. The lowest BCUT2D eigenvalue weighted by molar-refractivity contribution is -0.254. The van der Waals surface area contributed by atoms with E-state index in [1.54, 1.807) is 0 Å². The van der Waals surface area contributed by atoms with E-state index in [-0.39, 0.29) is 0 Å². The molecule has 0 rings (SSSR count). The van der Waals surface area contributed by atoms with E-state index < -0.39 is 0 Å². The van der Waals surface area contributed by atoms with Gasteiger partial charge in [0.05, 0.1) is 0 Å². The molecule has 0 aromatic carbocycles. The molecule has 0 saturated carbocycles. The molecule has 0 atom stereocenters. The van der Waals surface area contributed by atoms with Crippen molar-refractivity contribution >= 4 is 0 Å². The molecule has 2 nitrogen and oxygen atoms in total. The second kappa shape index (κ2) is 2.50. The standard InChI is InChI=1S/C2H2O2/c1-2-4-3/h1-2H. The molecule has 0 heterocycles. The third-order valence-corrected chi connectivity index (χ3v) is 0.0556. The van der Waals surface area contributed by atoms with Crippen LogP contribution in [0.15, 0.2) is 6.26 Å². The third kappa shape index (κ3) is 1.50. The van der Waals surface area contributed by atoms with Gasteiger partial charge in [-0.15, -0.1) is 0 Å². The highest BCUT2D eigenvalue weighted by Gasteiger charge is 1.44. The summed E-state index contributed by atoms with van der Waals surface area (Å²) >= 11 is 0. The molecule has 0 saturated heterocycles. The molecular formula is C2H2O2. The zero-order valence-corrected chi connectivity index (χ0v) is 1.97. The van der Waals surface area contributed by atoms with Gasteiger partial charge in [0.15, 0.2) is 0 Å². The Bertz CT molecular complexity index is 18.0. The van der Waals surface area contributed by atoms with Crippen LogP contribution in [0.4, 0.5) is 0 Å². The Kier molecular flexibility index (Phi) is 2.19. The van der Waals surface area contributed by atoms with Gasteiger partial charge in [0.2, 0.25) is 0 Å². The van der Waals surface area contributed by atoms with Crippen molar-refractivity contribution in [1.82, 2.24) is 0 Å². The minimum Gasteiger partial charge on any atom is -0.313 e. The fourth-order valence-corrected chi connectivity index (χ4v) is 0. The first-order valence-electron chi connectivity index (χ1n) is 0.736. The van der Waals surface area contributed by atoms with Crippen molar-refractivity contribution in [2.24, 2.45) is 0 Å². The molecule has 0 bridgehead atoms. The Balaban J connectivity index is 2.30. The minimum absolute atomic E-state index is 0.569. The molecule has 0 aliphatic carbocycles. The summed E-state index contributed by atoms with van der Waals surface area (Å²) in [7, 11) is 0. The predicted molar refractivity (Wildman–Crippen MR) is 10.6 cm³/mol. The van der Waals surface area contributed by atoms with Crippen LogP contribution in [-0.4, -0.2) is 0 Å². The van der Waals surface area contributed by atoms with Crippen molar-refractivity contribution in [3.8, 4) is 0 Å². The molecule has 0 aliphatic heterocycles. The van der Waals surface area contributed by atoms with Crippen LogP contribution in [0.3, 0.4) is 0 Å². The quantitative estimate of drug-likeness (QED) is 0.242. The Morgan fingerprint density at radius 1 is 2.00 bits per heavy atom. The van der Waals surface area contributed by atoms with Crippen LogP contribution in [0.25, 0.3) is 0 Å². The maximum Gasteiger partial charge on any atom is 0.133 e. The Morgan fingerprint density at radius 2 is 2.25 bits per heavy atom. The van der Waals surface area contributed by atoms with Crippen LogP contribution in [-0.2, 0) is 10.1 Å². The zero-order chi connectivity index (χ0) is 3.41. The molecule has 2 heteroatoms. The summed E-state index contributed by atoms with van der Waals surface area (Å²) in [6.07, 6.45) is 0.569. The highest BCUT2D eigenvalue weighted by Crippen LogP contribution is 1.52. The van der Waals surface area contributed by atoms with Crippen molar-refractivity contribution in [3.63, 3.8) is 0 Å². The van der Waals surface area contributed by atoms with E-state index in [4.69, 9.17) is 5.26 Å². The average molecular weight is 58.0 g/mol. The zero-order valence-electron chi connectivity index (χ0n) is 1.97. The van der Waals surface area contributed by atoms with E-state index >= 15 is 0 Å². The van der Waals surface area contributed by atoms with Crippen LogP contribution in [0.5, 0.6) is 0 Å². The highest BCUT2D eigenvalue weighted by molar-refractivity contribution is 4.32. The van der Waals surface area contributed by atoms with Gasteiger partial charge < -0.3 is 4.89 Å². The average Bonchev–Trinajstić information content (AvgIpc) is 1.37. The van der Waals surface area contributed by atoms with Gasteiger partial charge in [0, 0.05) is 5.26 Å². The van der Waals surface area contributed by atoms with Crippen molar-refractivity contribution in [3.05, 3.63) is 12.8 Å². The Labute approximate surface area is 24.3 Å². The molecule has 0 spiro atoms. The van der Waals surface area contributed by atoms with E-state index in [9.17, 15) is 0 Å². The summed E-state index contributed by atoms with van der Waals surface area (Å²) in [6, 6.07) is 0. The van der Waals surface area contributed by atoms with Gasteiger partial charge in [-0.25, -0.2) is 0 Å². The summed E-state index contributed by atoms with van der Waals surface area (Å²) in [5.74, 6) is 0. The van der Waals surface area contributed by atoms with Crippen molar-refractivity contribution < 1.29 is 10.1 Å². The molecule has 4 heavy (non-hydrogen) atoms. The van der Waals surface area contributed by atoms with Crippen LogP contribution >= 0.6 is 0 Å². The van der Waals surface area contributed by atoms with Gasteiger partial charge >= 0.3 is 0 Å². The third-order valence-electron chi connectivity index (χ3n) is 0.0556. The van der Waals surface area contributed by atoms with E-state index in [1.165, 1.54) is 0 Å². The van der Waals surface area contributed by atoms with Gasteiger partial charge in [-0.1, -0.05) is 0 Å². The molecule has 0 aromatic heterocycles. The maximum absolute atomic E-state index is 8.62. The Hall–Kier alpha value is -0.500. The summed E-state index contributed by atoms with van der Waals surface area (Å²) in [4.78, 5) is 2.94. The van der Waals surface area contributed by atoms with Crippen molar-refractivity contribution in [2.45, 2.75) is 0 Å². The molecule has 0 aliphatic rings. The summed E-state index contributed by atoms with van der Waals surface area (Å²) in [5, 5.41) is 8.62. The van der Waals surface area contributed by atoms with Crippen LogP contribution in [0, 0.1) is 6.58 Å². The summed E-state index contributed by atoms with van der Waals surface area (Å²) in [6.45, 7) is 4.37. The van der Waals surface area contributed by atoms with E-state index in [0.717, 1.165) is 0 Å². The van der Waals surface area contributed by atoms with Crippen molar-refractivity contribution in [2.75, 3.05) is 0 Å². The second-order valence-corrected chi connectivity index (χ2v) is 0.232. The number of hydrogen-bond donors (Lipinski definition) is 0. The summed E-state index contributed by atoms with van der Waals surface area (Å²) in [5.41, 5.74) is 0. The molecular weight excluding hydrogens is 56.0 g/mol. The topological polar surface area (TPSA) is 29.1 Å². The van der Waals surface area contributed by atoms with Crippen LogP contribution in [0.1, 0.15) is 0 Å². The maximum atomic E-state index is 8.62. The first-order chi connectivity index (χ1) is 1.91. The molecule has 0 unspecified atom stereocenters. The first kappa shape index (κ1) is 3.50. The SMILES string of the molecule is [CH]=CO[O]. The number of hydrogen-bond acceptors (Lipinski definition) is 1. The fourth-order valence-electron chi connectivity index (χ4n) is 0. The normalized spacial score (nSPS) is 5.25. The lowest BCUT2D eigenvalue weighted by Gasteiger charge is -1.62. The molecule has 0 aromatic rings. The largest absolute Gasteiger partial charge is 0.313 e. The lowest BCUT2D eigenvalue weighted by Crippen LogP contribution is -1.52. The van der Waals surface area contributed by atoms with Crippen molar-refractivity contribution in [1.29, 1.82) is 0 Å². The second-order valence-electron chi connectivity index (χ2n) is 0.232. The van der Waals surface area contributed by atoms with E-state index in [1.807, 2.05) is 0 Å². The van der Waals surface area contributed by atoms with Gasteiger partial charge in [-0.05, 0) is 6.58 Å². The monoisotopic (exact) mass is 58.0 g/mol. The number of rotatable bonds is 1. The minimum atomic E-state index is 0.569. The van der Waals surface area contributed by atoms with Crippen LogP contribution < -0.4 is 0 Å². The smallest absolute Gasteiger partial charge is 0.133 e. The van der Waals surface area contributed by atoms with E-state index in [0.29, 0.717) is 6.26 Å². The summed E-state index contributed by atoms with van der Waals surface area (Å²) < 4.78 is 0. The molecule has 0 fully saturated rings. The molecule has 2 radical (unpaired) electrons. The van der Waals surface area contributed by atoms with Crippen LogP contribution in [0.2, 0.25) is 0 Å². The highest BCUT2D eigenvalue weighted by atomic mass is 17.1. The molecule has 22 valence electrons. The lowest BCUT2D eigenvalue weighted by atomic mass is 11.2. The first-order valence-corrected chi connectivity index (χ1v) is 0.736. The molecule has 0 amide bonds. The van der Waals surface area contributed by atoms with Gasteiger partial charge in [0.25, 0.3) is 0 Å². The van der Waals surface area contributed by atoms with Gasteiger partial charge in [0.1, 0.15) is 6.26 Å². The fraction of sp³-hybridized carbons (Fsp3) is 0. The van der Waals surface area contributed by atoms with Gasteiger partial charge in [-0.2, -0.15) is 0 Å².